The van der Waals surface area contributed by atoms with E-state index in [2.05, 4.69) is 0 Å². The Kier molecular flexibility index (Phi) is 5.46. The molecule has 3 nitrogen and oxygen atoms in total. The highest BCUT2D eigenvalue weighted by Crippen LogP contribution is 2.35. The first kappa shape index (κ1) is 18.4. The van der Waals surface area contributed by atoms with Crippen molar-refractivity contribution < 1.29 is 12.8 Å². The molecule has 0 saturated carbocycles. The van der Waals surface area contributed by atoms with Crippen LogP contribution in [0.2, 0.25) is 5.02 Å². The molecule has 2 aromatic carbocycles. The molecule has 134 valence electrons. The van der Waals surface area contributed by atoms with E-state index in [9.17, 15) is 12.8 Å². The van der Waals surface area contributed by atoms with Gasteiger partial charge in [-0.1, -0.05) is 54.3 Å². The molecule has 1 atom stereocenters. The van der Waals surface area contributed by atoms with Gasteiger partial charge in [0, 0.05) is 6.54 Å². The van der Waals surface area contributed by atoms with E-state index in [0.717, 1.165) is 42.9 Å². The zero-order valence-electron chi connectivity index (χ0n) is 14.1. The highest BCUT2D eigenvalue weighted by Gasteiger charge is 2.33. The van der Waals surface area contributed by atoms with Crippen molar-refractivity contribution in [2.24, 2.45) is 0 Å². The van der Waals surface area contributed by atoms with Gasteiger partial charge in [-0.25, -0.2) is 12.8 Å². The molecule has 0 bridgehead atoms. The molecule has 0 spiro atoms. The average molecular weight is 382 g/mol. The van der Waals surface area contributed by atoms with Crippen LogP contribution in [0.4, 0.5) is 4.39 Å². The molecule has 2 aromatic rings. The van der Waals surface area contributed by atoms with Gasteiger partial charge in [0.2, 0.25) is 10.0 Å². The maximum absolute atomic E-state index is 13.4. The van der Waals surface area contributed by atoms with Crippen molar-refractivity contribution in [3.63, 3.8) is 0 Å². The van der Waals surface area contributed by atoms with Gasteiger partial charge in [0.15, 0.2) is 0 Å². The monoisotopic (exact) mass is 381 g/mol. The van der Waals surface area contributed by atoms with Crippen LogP contribution in [0.15, 0.2) is 47.4 Å². The van der Waals surface area contributed by atoms with Crippen LogP contribution in [0.3, 0.4) is 0 Å². The number of aryl methyl sites for hydroxylation is 1. The van der Waals surface area contributed by atoms with Gasteiger partial charge < -0.3 is 0 Å². The number of hydrogen-bond acceptors (Lipinski definition) is 2. The Balaban J connectivity index is 2.04. The van der Waals surface area contributed by atoms with E-state index in [1.165, 1.54) is 12.1 Å². The second-order valence-electron chi connectivity index (χ2n) is 6.47. The highest BCUT2D eigenvalue weighted by atomic mass is 35.5. The molecule has 1 saturated heterocycles. The first-order valence-corrected chi connectivity index (χ1v) is 10.2. The molecule has 0 amide bonds. The topological polar surface area (TPSA) is 37.4 Å². The Morgan fingerprint density at radius 1 is 1.12 bits per heavy atom. The van der Waals surface area contributed by atoms with Gasteiger partial charge in [0.1, 0.15) is 5.82 Å². The Bertz CT molecular complexity index is 869. The summed E-state index contributed by atoms with van der Waals surface area (Å²) in [5.41, 5.74) is 2.10. The van der Waals surface area contributed by atoms with Crippen LogP contribution in [0, 0.1) is 12.7 Å². The van der Waals surface area contributed by atoms with Crippen molar-refractivity contribution in [3.8, 4) is 0 Å². The second-order valence-corrected chi connectivity index (χ2v) is 8.77. The van der Waals surface area contributed by atoms with Gasteiger partial charge in [0.05, 0.1) is 16.0 Å². The van der Waals surface area contributed by atoms with Crippen molar-refractivity contribution in [2.45, 2.75) is 43.5 Å². The summed E-state index contributed by atoms with van der Waals surface area (Å²) in [6.07, 6.45) is 3.57. The maximum atomic E-state index is 13.4. The van der Waals surface area contributed by atoms with E-state index < -0.39 is 15.8 Å². The average Bonchev–Trinajstić information content (AvgIpc) is 2.83. The number of sulfonamides is 1. The van der Waals surface area contributed by atoms with Crippen molar-refractivity contribution in [1.82, 2.24) is 4.31 Å². The molecule has 0 aliphatic carbocycles. The van der Waals surface area contributed by atoms with Gasteiger partial charge in [-0.2, -0.15) is 4.31 Å². The van der Waals surface area contributed by atoms with Crippen LogP contribution >= 0.6 is 11.6 Å². The van der Waals surface area contributed by atoms with Crippen molar-refractivity contribution in [1.29, 1.82) is 0 Å². The number of nitrogens with zero attached hydrogens (tertiary/aromatic N) is 1. The molecular formula is C19H21ClFNO2S. The fourth-order valence-corrected chi connectivity index (χ4v) is 5.31. The van der Waals surface area contributed by atoms with E-state index in [-0.39, 0.29) is 16.0 Å². The van der Waals surface area contributed by atoms with Gasteiger partial charge in [-0.05, 0) is 43.5 Å². The lowest BCUT2D eigenvalue weighted by atomic mass is 10.0. The molecule has 0 unspecified atom stereocenters. The smallest absolute Gasteiger partial charge is 0.207 e. The lowest BCUT2D eigenvalue weighted by molar-refractivity contribution is 0.329. The minimum Gasteiger partial charge on any atom is -0.207 e. The lowest BCUT2D eigenvalue weighted by Crippen LogP contribution is -2.35. The summed E-state index contributed by atoms with van der Waals surface area (Å²) in [5.74, 6) is -0.619. The quantitative estimate of drug-likeness (QED) is 0.742. The van der Waals surface area contributed by atoms with Crippen molar-refractivity contribution in [2.75, 3.05) is 6.54 Å². The lowest BCUT2D eigenvalue weighted by Gasteiger charge is -2.30. The Hall–Kier alpha value is -1.43. The molecule has 1 aliphatic heterocycles. The Morgan fingerprint density at radius 2 is 1.92 bits per heavy atom. The Labute approximate surface area is 153 Å². The van der Waals surface area contributed by atoms with E-state index >= 15 is 0 Å². The normalized spacial score (nSPS) is 19.6. The van der Waals surface area contributed by atoms with Crippen LogP contribution in [0.25, 0.3) is 0 Å². The second kappa shape index (κ2) is 7.44. The van der Waals surface area contributed by atoms with Crippen molar-refractivity contribution >= 4 is 21.6 Å². The van der Waals surface area contributed by atoms with E-state index in [1.807, 2.05) is 31.2 Å². The van der Waals surface area contributed by atoms with E-state index in [0.29, 0.717) is 6.54 Å². The molecule has 1 heterocycles. The summed E-state index contributed by atoms with van der Waals surface area (Å²) in [4.78, 5) is 0.0402. The van der Waals surface area contributed by atoms with Crippen LogP contribution in [0.5, 0.6) is 0 Å². The first-order chi connectivity index (χ1) is 11.9. The van der Waals surface area contributed by atoms with E-state index in [1.54, 1.807) is 4.31 Å². The zero-order valence-corrected chi connectivity index (χ0v) is 15.7. The predicted octanol–water partition coefficient (Wildman–Crippen LogP) is 5.09. The molecule has 0 radical (unpaired) electrons. The molecule has 1 fully saturated rings. The third-order valence-corrected chi connectivity index (χ3v) is 6.82. The number of halogens is 2. The molecule has 0 aromatic heterocycles. The minimum atomic E-state index is -3.75. The Morgan fingerprint density at radius 3 is 2.64 bits per heavy atom. The highest BCUT2D eigenvalue weighted by molar-refractivity contribution is 7.89. The van der Waals surface area contributed by atoms with Gasteiger partial charge in [-0.3, -0.25) is 0 Å². The molecule has 0 N–H and O–H groups in total. The molecule has 25 heavy (non-hydrogen) atoms. The van der Waals surface area contributed by atoms with Crippen LogP contribution in [0.1, 0.15) is 42.9 Å². The number of rotatable bonds is 3. The SMILES string of the molecule is Cc1cccc([C@@H]2CCCCCN2S(=O)(=O)c2ccc(F)c(Cl)c2)c1. The summed E-state index contributed by atoms with van der Waals surface area (Å²) in [7, 11) is -3.75. The van der Waals surface area contributed by atoms with E-state index in [4.69, 9.17) is 11.6 Å². The zero-order chi connectivity index (χ0) is 18.0. The molecule has 6 heteroatoms. The van der Waals surface area contributed by atoms with Crippen LogP contribution in [-0.2, 0) is 10.0 Å². The molecule has 3 rings (SSSR count). The molecular weight excluding hydrogens is 361 g/mol. The summed E-state index contributed by atoms with van der Waals surface area (Å²) >= 11 is 5.81. The standard InChI is InChI=1S/C19H21ClFNO2S/c1-14-6-5-7-15(12-14)19-8-3-2-4-11-22(19)25(23,24)16-9-10-18(21)17(20)13-16/h5-7,9-10,12-13,19H,2-4,8,11H2,1H3/t19-/m0/s1. The van der Waals surface area contributed by atoms with Crippen LogP contribution in [-0.4, -0.2) is 19.3 Å². The maximum Gasteiger partial charge on any atom is 0.243 e. The van der Waals surface area contributed by atoms with Gasteiger partial charge in [0.25, 0.3) is 0 Å². The first-order valence-electron chi connectivity index (χ1n) is 8.43. The van der Waals surface area contributed by atoms with Gasteiger partial charge >= 0.3 is 0 Å². The summed E-state index contributed by atoms with van der Waals surface area (Å²) < 4.78 is 41.4. The predicted molar refractivity (Wildman–Crippen MR) is 97.7 cm³/mol. The number of benzene rings is 2. The fourth-order valence-electron chi connectivity index (χ4n) is 3.35. The fraction of sp³-hybridized carbons (Fsp3) is 0.368. The minimum absolute atomic E-state index is 0.0402. The largest absolute Gasteiger partial charge is 0.243 e. The third-order valence-electron chi connectivity index (χ3n) is 4.63. The van der Waals surface area contributed by atoms with Crippen molar-refractivity contribution in [3.05, 3.63) is 64.4 Å². The number of hydrogen-bond donors (Lipinski definition) is 0. The summed E-state index contributed by atoms with van der Waals surface area (Å²) in [6, 6.07) is 11.3. The van der Waals surface area contributed by atoms with Crippen LogP contribution < -0.4 is 0 Å². The van der Waals surface area contributed by atoms with Gasteiger partial charge in [-0.15, -0.1) is 0 Å². The summed E-state index contributed by atoms with van der Waals surface area (Å²) in [5, 5.41) is -0.178. The third kappa shape index (κ3) is 3.89. The molecule has 1 aliphatic rings. The summed E-state index contributed by atoms with van der Waals surface area (Å²) in [6.45, 7) is 2.45.